The van der Waals surface area contributed by atoms with Crippen molar-refractivity contribution in [1.82, 2.24) is 67.0 Å². The van der Waals surface area contributed by atoms with Crippen LogP contribution in [0.5, 0.6) is 5.75 Å². The number of carboxylic acid groups (broad SMARTS) is 1. The molecule has 28 nitrogen and oxygen atoms in total. The number of aromatic hydroxyl groups is 1. The number of hydrogen-bond donors (Lipinski definition) is 14. The number of amides is 9. The van der Waals surface area contributed by atoms with Crippen molar-refractivity contribution in [3.63, 3.8) is 0 Å². The standard InChI is InChI=1S/C70H79F2N15O13S2/c1-70-18-5-20-87(70)68(98)56(23-38-9-13-46(88)14-10-38)84-64(95)54(28-45-32-75-37-78-45)82-65(96)55(29-60(90)91)83-63(94)52(24-41-30-76-49-15-11-43(71)26-47(41)49)80-62(93)53(25-42-31-77-50-16-12-44(72)27-48(42)50)81-66(97)57-33-100-67(85-57)51(8-2-3-19-73)79-59(89)17-21-101-34-39-6-4-7-40(22-39)35-102-36-58(61(74)92)86-69(70)99/h4,6-7,9-16,22,26-27,30-33,37,51-56,58,76-77,88H,2-3,5,8,17-21,23-25,28-29,34-36,73H2,1H3,(H2,74,92)(H,75,78)(H,79,89)(H,80,93)(H,81,97)(H,82,96)(H,83,94)(H,84,95)(H,86,99)(H,90,91)/t51-,52-,53-,54-,55-,56-,58-,70-/m0/s1. The zero-order valence-electron chi connectivity index (χ0n) is 55.5. The fourth-order valence-corrected chi connectivity index (χ4v) is 14.3. The van der Waals surface area contributed by atoms with E-state index in [1.165, 1.54) is 121 Å². The van der Waals surface area contributed by atoms with Gasteiger partial charge in [0.2, 0.25) is 53.1 Å². The highest BCUT2D eigenvalue weighted by Crippen LogP contribution is 2.32. The van der Waals surface area contributed by atoms with Crippen LogP contribution in [0.3, 0.4) is 0 Å². The summed E-state index contributed by atoms with van der Waals surface area (Å²) >= 11 is 2.84. The molecule has 0 radical (unpaired) electrons. The van der Waals surface area contributed by atoms with E-state index in [1.54, 1.807) is 0 Å². The second-order valence-electron chi connectivity index (χ2n) is 25.3. The van der Waals surface area contributed by atoms with Crippen LogP contribution in [-0.4, -0.2) is 166 Å². The van der Waals surface area contributed by atoms with Crippen molar-refractivity contribution in [2.24, 2.45) is 11.5 Å². The van der Waals surface area contributed by atoms with Gasteiger partial charge in [0.1, 0.15) is 71.5 Å². The minimum atomic E-state index is -2.04. The molecular weight excluding hydrogens is 1360 g/mol. The summed E-state index contributed by atoms with van der Waals surface area (Å²) in [6, 6.07) is 10.4. The number of benzene rings is 4. The molecule has 2 aliphatic heterocycles. The Morgan fingerprint density at radius 1 is 0.696 bits per heavy atom. The van der Waals surface area contributed by atoms with Crippen LogP contribution >= 0.6 is 23.5 Å². The van der Waals surface area contributed by atoms with Gasteiger partial charge in [-0.05, 0) is 122 Å². The second-order valence-corrected chi connectivity index (χ2v) is 27.5. The molecule has 0 unspecified atom stereocenters. The Hall–Kier alpha value is -10.6. The van der Waals surface area contributed by atoms with Crippen LogP contribution in [0.2, 0.25) is 0 Å². The minimum Gasteiger partial charge on any atom is -0.508 e. The number of aromatic amines is 3. The summed E-state index contributed by atoms with van der Waals surface area (Å²) in [5.74, 6) is -9.74. The number of nitrogens with one attached hydrogen (secondary N) is 10. The molecule has 0 spiro atoms. The summed E-state index contributed by atoms with van der Waals surface area (Å²) in [5, 5.41) is 40.0. The van der Waals surface area contributed by atoms with E-state index in [0.717, 1.165) is 17.4 Å². The molecule has 2 aliphatic rings. The third kappa shape index (κ3) is 19.3. The van der Waals surface area contributed by atoms with Crippen LogP contribution in [-0.2, 0) is 80.3 Å². The highest BCUT2D eigenvalue weighted by Gasteiger charge is 2.49. The Morgan fingerprint density at radius 3 is 1.92 bits per heavy atom. The highest BCUT2D eigenvalue weighted by molar-refractivity contribution is 7.98. The maximum atomic E-state index is 15.2. The van der Waals surface area contributed by atoms with Crippen molar-refractivity contribution in [2.45, 2.75) is 137 Å². The van der Waals surface area contributed by atoms with Crippen LogP contribution in [0.1, 0.15) is 108 Å². The maximum absolute atomic E-state index is 15.2. The molecule has 1 fully saturated rings. The molecule has 4 aromatic carbocycles. The van der Waals surface area contributed by atoms with Gasteiger partial charge in [-0.25, -0.2) is 18.7 Å². The van der Waals surface area contributed by atoms with Crippen LogP contribution in [0.25, 0.3) is 21.8 Å². The van der Waals surface area contributed by atoms with Gasteiger partial charge in [0, 0.05) is 102 Å². The number of carboxylic acids is 1. The third-order valence-corrected chi connectivity index (χ3v) is 20.0. The number of hydrogen-bond acceptors (Lipinski definition) is 17. The lowest BCUT2D eigenvalue weighted by molar-refractivity contribution is -0.147. The largest absolute Gasteiger partial charge is 0.508 e. The van der Waals surface area contributed by atoms with Crippen LogP contribution in [0.4, 0.5) is 8.78 Å². The number of nitrogens with zero attached hydrogens (tertiary/aromatic N) is 3. The van der Waals surface area contributed by atoms with Crippen molar-refractivity contribution in [1.29, 1.82) is 0 Å². The fraction of sp³-hybridized carbons (Fsp3) is 0.371. The monoisotopic (exact) mass is 1440 g/mol. The first-order valence-electron chi connectivity index (χ1n) is 33.1. The summed E-state index contributed by atoms with van der Waals surface area (Å²) in [4.78, 5) is 163. The predicted octanol–water partition coefficient (Wildman–Crippen LogP) is 4.04. The number of nitrogens with two attached hydrogens (primary N) is 2. The first-order valence-corrected chi connectivity index (χ1v) is 35.4. The van der Waals surface area contributed by atoms with E-state index in [-0.39, 0.29) is 77.9 Å². The van der Waals surface area contributed by atoms with E-state index in [9.17, 15) is 43.4 Å². The first kappa shape index (κ1) is 74.1. The molecular formula is C70H79F2N15O13S2. The van der Waals surface area contributed by atoms with Crippen molar-refractivity contribution < 1.29 is 71.4 Å². The molecule has 0 saturated carbocycles. The van der Waals surface area contributed by atoms with Crippen molar-refractivity contribution in [3.8, 4) is 5.75 Å². The molecule has 6 heterocycles. The van der Waals surface area contributed by atoms with Gasteiger partial charge >= 0.3 is 5.97 Å². The zero-order valence-corrected chi connectivity index (χ0v) is 57.1. The average Bonchev–Trinajstić information content (AvgIpc) is 1.58. The Morgan fingerprint density at radius 2 is 1.30 bits per heavy atom. The number of oxazole rings is 1. The molecule has 9 amide bonds. The summed E-state index contributed by atoms with van der Waals surface area (Å²) in [7, 11) is 0. The minimum absolute atomic E-state index is 0.0192. The van der Waals surface area contributed by atoms with E-state index in [4.69, 9.17) is 15.9 Å². The van der Waals surface area contributed by atoms with E-state index in [2.05, 4.69) is 62.1 Å². The number of thioether (sulfide) groups is 2. The molecule has 16 N–H and O–H groups in total. The molecule has 4 bridgehead atoms. The van der Waals surface area contributed by atoms with E-state index < -0.39 is 132 Å². The third-order valence-electron chi connectivity index (χ3n) is 17.8. The predicted molar refractivity (Wildman–Crippen MR) is 373 cm³/mol. The summed E-state index contributed by atoms with van der Waals surface area (Å²) < 4.78 is 35.8. The van der Waals surface area contributed by atoms with Crippen molar-refractivity contribution >= 4 is 104 Å². The number of phenols is 1. The topological polar surface area (TPSA) is 437 Å². The lowest BCUT2D eigenvalue weighted by Gasteiger charge is -2.37. The number of primary amides is 1. The van der Waals surface area contributed by atoms with E-state index >= 15 is 23.6 Å². The number of unbranched alkanes of at least 4 members (excludes halogenated alkanes) is 1. The number of H-pyrrole nitrogens is 3. The van der Waals surface area contributed by atoms with Gasteiger partial charge in [-0.15, -0.1) is 0 Å². The zero-order chi connectivity index (χ0) is 72.6. The van der Waals surface area contributed by atoms with Crippen LogP contribution in [0.15, 0.2) is 121 Å². The lowest BCUT2D eigenvalue weighted by Crippen LogP contribution is -2.63. The second kappa shape index (κ2) is 34.2. The summed E-state index contributed by atoms with van der Waals surface area (Å²) in [5.41, 5.74) is 13.8. The van der Waals surface area contributed by atoms with Gasteiger partial charge in [-0.3, -0.25) is 47.9 Å². The number of phenolic OH excluding ortho intramolecular Hbond substituents is 1. The summed E-state index contributed by atoms with van der Waals surface area (Å²) in [6.45, 7) is 1.89. The number of fused-ring (bicyclic) bond motifs is 7. The molecule has 102 heavy (non-hydrogen) atoms. The maximum Gasteiger partial charge on any atom is 0.305 e. The Balaban J connectivity index is 1.00. The molecule has 1 saturated heterocycles. The van der Waals surface area contributed by atoms with Gasteiger partial charge in [-0.1, -0.05) is 36.4 Å². The normalized spacial score (nSPS) is 22.3. The molecule has 538 valence electrons. The molecule has 4 aromatic heterocycles. The number of halogens is 2. The molecule has 10 rings (SSSR count). The van der Waals surface area contributed by atoms with Crippen LogP contribution < -0.4 is 48.7 Å². The molecule has 0 aliphatic carbocycles. The van der Waals surface area contributed by atoms with E-state index in [0.29, 0.717) is 77.0 Å². The number of carbonyl (C=O) groups is 10. The van der Waals surface area contributed by atoms with Gasteiger partial charge in [0.25, 0.3) is 5.91 Å². The molecule has 8 aromatic rings. The van der Waals surface area contributed by atoms with Crippen LogP contribution in [0, 0.1) is 11.6 Å². The summed E-state index contributed by atoms with van der Waals surface area (Å²) in [6.07, 6.45) is 6.01. The lowest BCUT2D eigenvalue weighted by atomic mass is 9.95. The number of aromatic nitrogens is 5. The van der Waals surface area contributed by atoms with Crippen molar-refractivity contribution in [3.05, 3.63) is 173 Å². The fourth-order valence-electron chi connectivity index (χ4n) is 12.4. The highest BCUT2D eigenvalue weighted by atomic mass is 32.2. The van der Waals surface area contributed by atoms with Crippen molar-refractivity contribution in [2.75, 3.05) is 24.6 Å². The first-order chi connectivity index (χ1) is 49.0. The SMILES string of the molecule is C[C@@]12CCCN1C(=O)[C@H](Cc1ccc(O)cc1)NC(=O)[C@H](Cc1c[nH]cn1)NC(=O)[C@H](CC(=O)O)NC(=O)[C@H](Cc1c[nH]c3ccc(F)cc13)NC(=O)[C@H](Cc1c[nH]c3ccc(F)cc13)NC(=O)c1coc(n1)[C@H](CCCCN)NC(=O)CCSCc1cccc(c1)CSC[C@@H](C(N)=O)NC2=O. The number of imidazole rings is 1. The average molecular weight is 1440 g/mol. The molecule has 32 heteroatoms. The molecule has 8 atom stereocenters. The smallest absolute Gasteiger partial charge is 0.305 e. The number of rotatable bonds is 15. The van der Waals surface area contributed by atoms with Gasteiger partial charge in [0.15, 0.2) is 5.69 Å². The van der Waals surface area contributed by atoms with E-state index in [1.807, 2.05) is 24.3 Å². The van der Waals surface area contributed by atoms with Gasteiger partial charge in [0.05, 0.1) is 18.4 Å². The van der Waals surface area contributed by atoms with Gasteiger partial charge < -0.3 is 83.2 Å². The quantitative estimate of drug-likeness (QED) is 0.0644. The number of aliphatic carboxylic acids is 1. The Labute approximate surface area is 591 Å². The Bertz CT molecular complexity index is 4360. The van der Waals surface area contributed by atoms with Gasteiger partial charge in [-0.2, -0.15) is 23.5 Å². The number of carbonyl (C=O) groups excluding carboxylic acids is 9. The Kier molecular flexibility index (Phi) is 24.8.